The smallest absolute Gasteiger partial charge is 0.254 e. The summed E-state index contributed by atoms with van der Waals surface area (Å²) in [5.74, 6) is 0.234. The summed E-state index contributed by atoms with van der Waals surface area (Å²) in [7, 11) is 0. The topological polar surface area (TPSA) is 77.1 Å². The minimum Gasteiger partial charge on any atom is -0.463 e. The van der Waals surface area contributed by atoms with Crippen molar-refractivity contribution in [1.82, 2.24) is 9.55 Å². The number of aryl methyl sites for hydroxylation is 1. The first-order valence-electron chi connectivity index (χ1n) is 7.51. The number of anilines is 1. The summed E-state index contributed by atoms with van der Waals surface area (Å²) in [6.07, 6.45) is 2.86. The highest BCUT2D eigenvalue weighted by molar-refractivity contribution is 5.91. The Kier molecular flexibility index (Phi) is 4.29. The van der Waals surface area contributed by atoms with E-state index in [0.717, 1.165) is 16.8 Å². The third-order valence-electron chi connectivity index (χ3n) is 3.85. The molecule has 0 spiro atoms. The molecule has 0 atom stereocenters. The fourth-order valence-electron chi connectivity index (χ4n) is 2.33. The van der Waals surface area contributed by atoms with Gasteiger partial charge in [-0.3, -0.25) is 14.2 Å². The zero-order valence-electron chi connectivity index (χ0n) is 13.4. The van der Waals surface area contributed by atoms with Crippen molar-refractivity contribution in [2.75, 3.05) is 5.32 Å². The molecule has 0 saturated carbocycles. The molecule has 0 bridgehead atoms. The SMILES string of the molecule is Cc1cccc(NC(=O)Cn2cnc(-c3ccco3)cc2=O)c1C. The molecule has 2 heterocycles. The number of amides is 1. The first-order valence-corrected chi connectivity index (χ1v) is 7.51. The molecule has 0 aliphatic carbocycles. The van der Waals surface area contributed by atoms with Crippen LogP contribution in [0.15, 0.2) is 58.2 Å². The average Bonchev–Trinajstić information content (AvgIpc) is 3.08. The number of rotatable bonds is 4. The molecule has 0 unspecified atom stereocenters. The van der Waals surface area contributed by atoms with Gasteiger partial charge >= 0.3 is 0 Å². The van der Waals surface area contributed by atoms with Crippen molar-refractivity contribution in [3.63, 3.8) is 0 Å². The van der Waals surface area contributed by atoms with E-state index in [-0.39, 0.29) is 18.0 Å². The number of nitrogens with one attached hydrogen (secondary N) is 1. The molecule has 1 N–H and O–H groups in total. The molecular formula is C18H17N3O3. The quantitative estimate of drug-likeness (QED) is 0.801. The number of nitrogens with zero attached hydrogens (tertiary/aromatic N) is 2. The van der Waals surface area contributed by atoms with Gasteiger partial charge in [0, 0.05) is 11.8 Å². The number of hydrogen-bond donors (Lipinski definition) is 1. The van der Waals surface area contributed by atoms with Gasteiger partial charge in [-0.05, 0) is 43.2 Å². The lowest BCUT2D eigenvalue weighted by Gasteiger charge is -2.11. The van der Waals surface area contributed by atoms with E-state index >= 15 is 0 Å². The van der Waals surface area contributed by atoms with Crippen LogP contribution in [0.25, 0.3) is 11.5 Å². The first-order chi connectivity index (χ1) is 11.5. The molecule has 3 rings (SSSR count). The lowest BCUT2D eigenvalue weighted by Crippen LogP contribution is -2.27. The molecule has 6 heteroatoms. The molecule has 3 aromatic rings. The van der Waals surface area contributed by atoms with Gasteiger partial charge in [-0.25, -0.2) is 4.98 Å². The Hall–Kier alpha value is -3.15. The van der Waals surface area contributed by atoms with E-state index in [1.165, 1.54) is 23.2 Å². The molecule has 1 amide bonds. The van der Waals surface area contributed by atoms with Gasteiger partial charge in [0.05, 0.1) is 12.6 Å². The van der Waals surface area contributed by atoms with Crippen molar-refractivity contribution in [3.8, 4) is 11.5 Å². The number of carbonyl (C=O) groups is 1. The van der Waals surface area contributed by atoms with Crippen LogP contribution in [0.5, 0.6) is 0 Å². The van der Waals surface area contributed by atoms with Gasteiger partial charge in [-0.2, -0.15) is 0 Å². The highest BCUT2D eigenvalue weighted by Crippen LogP contribution is 2.18. The first kappa shape index (κ1) is 15.7. The van der Waals surface area contributed by atoms with E-state index in [9.17, 15) is 9.59 Å². The molecule has 24 heavy (non-hydrogen) atoms. The molecule has 1 aromatic carbocycles. The largest absolute Gasteiger partial charge is 0.463 e. The maximum absolute atomic E-state index is 12.2. The summed E-state index contributed by atoms with van der Waals surface area (Å²) in [6, 6.07) is 10.5. The standard InChI is InChI=1S/C18H17N3O3/c1-12-5-3-6-14(13(12)2)20-17(22)10-21-11-19-15(9-18(21)23)16-7-4-8-24-16/h3-9,11H,10H2,1-2H3,(H,20,22). The van der Waals surface area contributed by atoms with Crippen LogP contribution in [0.4, 0.5) is 5.69 Å². The molecule has 0 saturated heterocycles. The Balaban J connectivity index is 1.75. The van der Waals surface area contributed by atoms with Crippen molar-refractivity contribution in [2.24, 2.45) is 0 Å². The monoisotopic (exact) mass is 323 g/mol. The third-order valence-corrected chi connectivity index (χ3v) is 3.85. The van der Waals surface area contributed by atoms with Crippen LogP contribution in [0.2, 0.25) is 0 Å². The predicted octanol–water partition coefficient (Wildman–Crippen LogP) is 2.76. The average molecular weight is 323 g/mol. The van der Waals surface area contributed by atoms with Crippen LogP contribution in [0.3, 0.4) is 0 Å². The van der Waals surface area contributed by atoms with Crippen LogP contribution in [-0.4, -0.2) is 15.5 Å². The van der Waals surface area contributed by atoms with Gasteiger partial charge in [0.25, 0.3) is 5.56 Å². The van der Waals surface area contributed by atoms with Crippen molar-refractivity contribution in [3.05, 3.63) is 70.5 Å². The van der Waals surface area contributed by atoms with Gasteiger partial charge in [0.2, 0.25) is 5.91 Å². The van der Waals surface area contributed by atoms with Gasteiger partial charge in [-0.1, -0.05) is 12.1 Å². The van der Waals surface area contributed by atoms with Crippen molar-refractivity contribution in [1.29, 1.82) is 0 Å². The zero-order chi connectivity index (χ0) is 17.1. The van der Waals surface area contributed by atoms with E-state index in [1.807, 2.05) is 32.0 Å². The van der Waals surface area contributed by atoms with Crippen LogP contribution >= 0.6 is 0 Å². The molecule has 122 valence electrons. The second kappa shape index (κ2) is 6.54. The van der Waals surface area contributed by atoms with Crippen molar-refractivity contribution in [2.45, 2.75) is 20.4 Å². The molecule has 0 fully saturated rings. The van der Waals surface area contributed by atoms with Crippen LogP contribution < -0.4 is 10.9 Å². The second-order valence-corrected chi connectivity index (χ2v) is 5.51. The summed E-state index contributed by atoms with van der Waals surface area (Å²) >= 11 is 0. The summed E-state index contributed by atoms with van der Waals surface area (Å²) in [5.41, 5.74) is 2.97. The normalized spacial score (nSPS) is 10.6. The Morgan fingerprint density at radius 3 is 2.79 bits per heavy atom. The van der Waals surface area contributed by atoms with Crippen molar-refractivity contribution < 1.29 is 9.21 Å². The highest BCUT2D eigenvalue weighted by atomic mass is 16.3. The van der Waals surface area contributed by atoms with Gasteiger partial charge in [0.1, 0.15) is 12.2 Å². The second-order valence-electron chi connectivity index (χ2n) is 5.51. The molecular weight excluding hydrogens is 306 g/mol. The maximum atomic E-state index is 12.2. The minimum absolute atomic E-state index is 0.0996. The van der Waals surface area contributed by atoms with Crippen LogP contribution in [0.1, 0.15) is 11.1 Å². The third kappa shape index (κ3) is 3.27. The summed E-state index contributed by atoms with van der Waals surface area (Å²) in [4.78, 5) is 28.5. The summed E-state index contributed by atoms with van der Waals surface area (Å²) < 4.78 is 6.47. The number of furan rings is 1. The van der Waals surface area contributed by atoms with Gasteiger partial charge in [-0.15, -0.1) is 0 Å². The Morgan fingerprint density at radius 2 is 2.08 bits per heavy atom. The maximum Gasteiger partial charge on any atom is 0.254 e. The zero-order valence-corrected chi connectivity index (χ0v) is 13.4. The molecule has 0 radical (unpaired) electrons. The van der Waals surface area contributed by atoms with E-state index < -0.39 is 0 Å². The fraction of sp³-hybridized carbons (Fsp3) is 0.167. The Bertz CT molecular complexity index is 927. The summed E-state index contributed by atoms with van der Waals surface area (Å²) in [6.45, 7) is 3.82. The van der Waals surface area contributed by atoms with E-state index in [4.69, 9.17) is 4.42 Å². The number of hydrogen-bond acceptors (Lipinski definition) is 4. The molecule has 2 aromatic heterocycles. The lowest BCUT2D eigenvalue weighted by molar-refractivity contribution is -0.116. The highest BCUT2D eigenvalue weighted by Gasteiger charge is 2.10. The summed E-state index contributed by atoms with van der Waals surface area (Å²) in [5, 5.41) is 2.82. The predicted molar refractivity (Wildman–Crippen MR) is 90.7 cm³/mol. The number of carbonyl (C=O) groups excluding carboxylic acids is 1. The van der Waals surface area contributed by atoms with Crippen molar-refractivity contribution >= 4 is 11.6 Å². The van der Waals surface area contributed by atoms with E-state index in [1.54, 1.807) is 12.1 Å². The van der Waals surface area contributed by atoms with Crippen LogP contribution in [-0.2, 0) is 11.3 Å². The molecule has 0 aliphatic heterocycles. The minimum atomic E-state index is -0.312. The Morgan fingerprint density at radius 1 is 1.25 bits per heavy atom. The number of aromatic nitrogens is 2. The van der Waals surface area contributed by atoms with Crippen LogP contribution in [0, 0.1) is 13.8 Å². The van der Waals surface area contributed by atoms with E-state index in [2.05, 4.69) is 10.3 Å². The van der Waals surface area contributed by atoms with E-state index in [0.29, 0.717) is 11.5 Å². The van der Waals surface area contributed by atoms with Gasteiger partial charge in [0.15, 0.2) is 5.76 Å². The van der Waals surface area contributed by atoms with Gasteiger partial charge < -0.3 is 9.73 Å². The molecule has 6 nitrogen and oxygen atoms in total. The number of benzene rings is 1. The Labute approximate surface area is 138 Å². The lowest BCUT2D eigenvalue weighted by atomic mass is 10.1. The fourth-order valence-corrected chi connectivity index (χ4v) is 2.33. The molecule has 0 aliphatic rings.